The summed E-state index contributed by atoms with van der Waals surface area (Å²) in [6, 6.07) is 0. The molecule has 4 nitrogen and oxygen atoms in total. The number of rotatable bonds is 2. The highest BCUT2D eigenvalue weighted by Crippen LogP contribution is 2.15. The van der Waals surface area contributed by atoms with Gasteiger partial charge in [0.25, 0.3) is 4.84 Å². The van der Waals surface area contributed by atoms with Gasteiger partial charge in [0.2, 0.25) is 5.89 Å². The predicted octanol–water partition coefficient (Wildman–Crippen LogP) is 1.19. The summed E-state index contributed by atoms with van der Waals surface area (Å²) in [6.07, 6.45) is 0. The van der Waals surface area contributed by atoms with Crippen molar-refractivity contribution in [1.82, 2.24) is 15.5 Å². The number of nitrogens with zero attached hydrogens (tertiary/aromatic N) is 1. The summed E-state index contributed by atoms with van der Waals surface area (Å²) in [5.41, 5.74) is -0.270. The summed E-state index contributed by atoms with van der Waals surface area (Å²) in [6.45, 7) is 3.92. The van der Waals surface area contributed by atoms with E-state index in [9.17, 15) is 0 Å². The molecule has 0 aliphatic carbocycles. The van der Waals surface area contributed by atoms with Crippen molar-refractivity contribution in [3.05, 3.63) is 10.7 Å². The molecule has 0 radical (unpaired) electrons. The summed E-state index contributed by atoms with van der Waals surface area (Å²) >= 11 is 4.74. The Morgan fingerprint density at radius 1 is 1.64 bits per heavy atom. The molecule has 0 aliphatic heterocycles. The standard InChI is InChI=1S/C6H11N3OS/c1-6(2,7-3)4-8-9-5(11)10-4/h7H,1-3H3,(H,9,11). The van der Waals surface area contributed by atoms with Crippen molar-refractivity contribution < 1.29 is 4.42 Å². The van der Waals surface area contributed by atoms with E-state index in [2.05, 4.69) is 15.5 Å². The fourth-order valence-electron chi connectivity index (χ4n) is 0.604. The summed E-state index contributed by atoms with van der Waals surface area (Å²) in [4.78, 5) is 0.309. The quantitative estimate of drug-likeness (QED) is 0.659. The number of H-pyrrole nitrogens is 1. The minimum atomic E-state index is -0.270. The van der Waals surface area contributed by atoms with Crippen molar-refractivity contribution in [3.8, 4) is 0 Å². The molecule has 0 saturated carbocycles. The third kappa shape index (κ3) is 1.66. The fraction of sp³-hybridized carbons (Fsp3) is 0.667. The second kappa shape index (κ2) is 2.75. The summed E-state index contributed by atoms with van der Waals surface area (Å²) in [5, 5.41) is 9.52. The van der Waals surface area contributed by atoms with Crippen LogP contribution in [0.1, 0.15) is 19.7 Å². The van der Waals surface area contributed by atoms with Gasteiger partial charge in [0.1, 0.15) is 0 Å². The fourth-order valence-corrected chi connectivity index (χ4v) is 0.729. The van der Waals surface area contributed by atoms with Crippen LogP contribution in [0.2, 0.25) is 0 Å². The molecule has 1 aromatic heterocycles. The smallest absolute Gasteiger partial charge is 0.284 e. The van der Waals surface area contributed by atoms with Crippen molar-refractivity contribution in [1.29, 1.82) is 0 Å². The summed E-state index contributed by atoms with van der Waals surface area (Å²) in [5.74, 6) is 0.574. The number of hydrogen-bond acceptors (Lipinski definition) is 4. The topological polar surface area (TPSA) is 53.9 Å². The van der Waals surface area contributed by atoms with Gasteiger partial charge in [-0.2, -0.15) is 0 Å². The minimum absolute atomic E-state index is 0.270. The lowest BCUT2D eigenvalue weighted by molar-refractivity contribution is 0.323. The van der Waals surface area contributed by atoms with E-state index in [1.54, 1.807) is 0 Å². The van der Waals surface area contributed by atoms with E-state index in [0.29, 0.717) is 10.7 Å². The molecule has 62 valence electrons. The second-order valence-corrected chi connectivity index (χ2v) is 3.16. The monoisotopic (exact) mass is 173 g/mol. The molecule has 0 unspecified atom stereocenters. The second-order valence-electron chi connectivity index (χ2n) is 2.79. The van der Waals surface area contributed by atoms with E-state index in [1.807, 2.05) is 20.9 Å². The van der Waals surface area contributed by atoms with Crippen molar-refractivity contribution in [3.63, 3.8) is 0 Å². The van der Waals surface area contributed by atoms with Gasteiger partial charge in [0, 0.05) is 0 Å². The Morgan fingerprint density at radius 2 is 2.27 bits per heavy atom. The van der Waals surface area contributed by atoms with Crippen LogP contribution in [0.15, 0.2) is 4.42 Å². The maximum atomic E-state index is 5.12. The van der Waals surface area contributed by atoms with Gasteiger partial charge in [-0.3, -0.25) is 0 Å². The zero-order valence-electron chi connectivity index (χ0n) is 6.76. The highest BCUT2D eigenvalue weighted by Gasteiger charge is 2.23. The molecule has 0 amide bonds. The summed E-state index contributed by atoms with van der Waals surface area (Å²) in [7, 11) is 1.84. The first kappa shape index (κ1) is 8.42. The molecular formula is C6H11N3OS. The van der Waals surface area contributed by atoms with Crippen LogP contribution in [0, 0.1) is 4.84 Å². The average Bonchev–Trinajstić information content (AvgIpc) is 2.36. The predicted molar refractivity (Wildman–Crippen MR) is 43.8 cm³/mol. The number of hydrogen-bond donors (Lipinski definition) is 2. The largest absolute Gasteiger partial charge is 0.412 e. The highest BCUT2D eigenvalue weighted by molar-refractivity contribution is 7.71. The normalized spacial score (nSPS) is 11.9. The van der Waals surface area contributed by atoms with E-state index >= 15 is 0 Å². The number of aromatic amines is 1. The lowest BCUT2D eigenvalue weighted by Crippen LogP contribution is -2.33. The van der Waals surface area contributed by atoms with Crippen LogP contribution >= 0.6 is 12.2 Å². The minimum Gasteiger partial charge on any atom is -0.412 e. The summed E-state index contributed by atoms with van der Waals surface area (Å²) < 4.78 is 5.12. The molecule has 0 fully saturated rings. The van der Waals surface area contributed by atoms with Gasteiger partial charge in [0.05, 0.1) is 5.54 Å². The van der Waals surface area contributed by atoms with E-state index in [1.165, 1.54) is 0 Å². The molecule has 0 saturated heterocycles. The molecule has 0 atom stereocenters. The van der Waals surface area contributed by atoms with Gasteiger partial charge in [-0.25, -0.2) is 5.10 Å². The first-order chi connectivity index (χ1) is 5.06. The lowest BCUT2D eigenvalue weighted by atomic mass is 10.1. The molecule has 0 bridgehead atoms. The molecule has 11 heavy (non-hydrogen) atoms. The van der Waals surface area contributed by atoms with Crippen molar-refractivity contribution >= 4 is 12.2 Å². The zero-order valence-corrected chi connectivity index (χ0v) is 7.58. The Hall–Kier alpha value is -0.680. The van der Waals surface area contributed by atoms with Gasteiger partial charge in [-0.1, -0.05) is 0 Å². The van der Waals surface area contributed by atoms with Crippen LogP contribution in [0.4, 0.5) is 0 Å². The van der Waals surface area contributed by atoms with E-state index < -0.39 is 0 Å². The maximum absolute atomic E-state index is 5.12. The SMILES string of the molecule is CNC(C)(C)c1n[nH]c(=S)o1. The van der Waals surface area contributed by atoms with Crippen LogP contribution in [-0.2, 0) is 5.54 Å². The molecule has 1 aromatic rings. The Morgan fingerprint density at radius 3 is 2.64 bits per heavy atom. The van der Waals surface area contributed by atoms with Gasteiger partial charge in [-0.15, -0.1) is 5.10 Å². The molecule has 0 aliphatic rings. The van der Waals surface area contributed by atoms with Crippen LogP contribution in [-0.4, -0.2) is 17.2 Å². The van der Waals surface area contributed by atoms with Crippen molar-refractivity contribution in [2.24, 2.45) is 0 Å². The van der Waals surface area contributed by atoms with Crippen LogP contribution < -0.4 is 5.32 Å². The zero-order chi connectivity index (χ0) is 8.48. The first-order valence-corrected chi connectivity index (χ1v) is 3.72. The first-order valence-electron chi connectivity index (χ1n) is 3.31. The van der Waals surface area contributed by atoms with Gasteiger partial charge < -0.3 is 9.73 Å². The molecular weight excluding hydrogens is 162 g/mol. The molecule has 1 heterocycles. The van der Waals surface area contributed by atoms with Gasteiger partial charge >= 0.3 is 0 Å². The van der Waals surface area contributed by atoms with Gasteiger partial charge in [-0.05, 0) is 33.1 Å². The number of aromatic nitrogens is 2. The molecule has 1 rings (SSSR count). The third-order valence-electron chi connectivity index (χ3n) is 1.60. The van der Waals surface area contributed by atoms with E-state index in [4.69, 9.17) is 16.6 Å². The lowest BCUT2D eigenvalue weighted by Gasteiger charge is -2.18. The van der Waals surface area contributed by atoms with Gasteiger partial charge in [0.15, 0.2) is 0 Å². The number of nitrogens with one attached hydrogen (secondary N) is 2. The van der Waals surface area contributed by atoms with Crippen LogP contribution in [0.5, 0.6) is 0 Å². The Kier molecular flexibility index (Phi) is 2.10. The molecule has 5 heteroatoms. The van der Waals surface area contributed by atoms with Crippen LogP contribution in [0.25, 0.3) is 0 Å². The Labute approximate surface area is 70.0 Å². The highest BCUT2D eigenvalue weighted by atomic mass is 32.1. The molecule has 2 N–H and O–H groups in total. The average molecular weight is 173 g/mol. The van der Waals surface area contributed by atoms with E-state index in [-0.39, 0.29) is 5.54 Å². The molecule has 0 aromatic carbocycles. The van der Waals surface area contributed by atoms with Crippen LogP contribution in [0.3, 0.4) is 0 Å². The Balaban J connectivity index is 3.01. The third-order valence-corrected chi connectivity index (χ3v) is 1.77. The van der Waals surface area contributed by atoms with Crippen molar-refractivity contribution in [2.45, 2.75) is 19.4 Å². The molecule has 0 spiro atoms. The maximum Gasteiger partial charge on any atom is 0.284 e. The van der Waals surface area contributed by atoms with E-state index in [0.717, 1.165) is 0 Å². The Bertz CT molecular complexity index is 288. The van der Waals surface area contributed by atoms with Crippen molar-refractivity contribution in [2.75, 3.05) is 7.05 Å².